The molecular weight excluding hydrogens is 291 g/mol. The van der Waals surface area contributed by atoms with Crippen LogP contribution in [0, 0.1) is 5.82 Å². The zero-order valence-corrected chi connectivity index (χ0v) is 12.3. The molecule has 16 heavy (non-hydrogen) atoms. The Morgan fingerprint density at radius 3 is 2.38 bits per heavy atom. The van der Waals surface area contributed by atoms with Crippen LogP contribution in [0.5, 0.6) is 5.75 Å². The van der Waals surface area contributed by atoms with Crippen molar-refractivity contribution in [1.29, 1.82) is 0 Å². The highest BCUT2D eigenvalue weighted by atomic mass is 79.9. The molecule has 0 radical (unpaired) electrons. The first-order chi connectivity index (χ1) is 7.20. The lowest BCUT2D eigenvalue weighted by molar-refractivity contribution is 0.101. The summed E-state index contributed by atoms with van der Waals surface area (Å²) in [6.07, 6.45) is 0. The predicted octanol–water partition coefficient (Wildman–Crippen LogP) is 4.00. The van der Waals surface area contributed by atoms with Crippen LogP contribution in [0.2, 0.25) is 19.6 Å². The maximum absolute atomic E-state index is 13.3. The van der Waals surface area contributed by atoms with Crippen LogP contribution in [-0.2, 0) is 0 Å². The number of benzene rings is 1. The van der Waals surface area contributed by atoms with Gasteiger partial charge < -0.3 is 4.43 Å². The molecule has 5 heteroatoms. The van der Waals surface area contributed by atoms with Gasteiger partial charge in [-0.3, -0.25) is 4.79 Å². The molecule has 0 heterocycles. The fourth-order valence-corrected chi connectivity index (χ4v) is 2.37. The maximum Gasteiger partial charge on any atom is 0.242 e. The summed E-state index contributed by atoms with van der Waals surface area (Å²) in [5.41, 5.74) is 0.295. The van der Waals surface area contributed by atoms with Gasteiger partial charge in [-0.05, 0) is 54.6 Å². The van der Waals surface area contributed by atoms with Crippen LogP contribution in [0.4, 0.5) is 4.39 Å². The van der Waals surface area contributed by atoms with Gasteiger partial charge in [0.15, 0.2) is 5.78 Å². The van der Waals surface area contributed by atoms with E-state index in [-0.39, 0.29) is 5.78 Å². The van der Waals surface area contributed by atoms with E-state index >= 15 is 0 Å². The van der Waals surface area contributed by atoms with Crippen LogP contribution in [0.3, 0.4) is 0 Å². The lowest BCUT2D eigenvalue weighted by atomic mass is 10.1. The number of carbonyl (C=O) groups is 1. The molecule has 0 aromatic heterocycles. The predicted molar refractivity (Wildman–Crippen MR) is 68.1 cm³/mol. The van der Waals surface area contributed by atoms with Gasteiger partial charge in [0.1, 0.15) is 11.6 Å². The Morgan fingerprint density at radius 1 is 1.38 bits per heavy atom. The van der Waals surface area contributed by atoms with E-state index in [1.807, 2.05) is 19.6 Å². The molecule has 1 aromatic rings. The second-order valence-corrected chi connectivity index (χ2v) is 9.82. The Balaban J connectivity index is 3.25. The number of carbonyl (C=O) groups excluding carboxylic acids is 1. The average molecular weight is 305 g/mol. The second kappa shape index (κ2) is 4.67. The van der Waals surface area contributed by atoms with Gasteiger partial charge >= 0.3 is 0 Å². The molecule has 1 rings (SSSR count). The van der Waals surface area contributed by atoms with Crippen molar-refractivity contribution in [2.24, 2.45) is 0 Å². The Labute approximate surface area is 104 Å². The third-order valence-corrected chi connectivity index (χ3v) is 3.26. The van der Waals surface area contributed by atoms with Crippen molar-refractivity contribution in [1.82, 2.24) is 0 Å². The largest absolute Gasteiger partial charge is 0.544 e. The molecule has 0 aliphatic rings. The Kier molecular flexibility index (Phi) is 3.91. The van der Waals surface area contributed by atoms with Gasteiger partial charge in [-0.1, -0.05) is 0 Å². The summed E-state index contributed by atoms with van der Waals surface area (Å²) in [6.45, 7) is 7.43. The van der Waals surface area contributed by atoms with Gasteiger partial charge in [-0.15, -0.1) is 0 Å². The molecular formula is C11H14BrFO2Si. The van der Waals surface area contributed by atoms with Crippen molar-refractivity contribution in [3.05, 3.63) is 28.0 Å². The minimum Gasteiger partial charge on any atom is -0.544 e. The highest BCUT2D eigenvalue weighted by molar-refractivity contribution is 9.10. The van der Waals surface area contributed by atoms with E-state index in [1.165, 1.54) is 19.1 Å². The van der Waals surface area contributed by atoms with Crippen molar-refractivity contribution in [3.63, 3.8) is 0 Å². The van der Waals surface area contributed by atoms with Crippen molar-refractivity contribution < 1.29 is 13.6 Å². The van der Waals surface area contributed by atoms with Crippen LogP contribution in [-0.4, -0.2) is 14.1 Å². The molecule has 0 amide bonds. The molecule has 0 bridgehead atoms. The zero-order valence-electron chi connectivity index (χ0n) is 9.73. The molecule has 1 aromatic carbocycles. The normalized spacial score (nSPS) is 11.4. The van der Waals surface area contributed by atoms with Gasteiger partial charge in [0, 0.05) is 0 Å². The smallest absolute Gasteiger partial charge is 0.242 e. The topological polar surface area (TPSA) is 26.3 Å². The number of ketones is 1. The maximum atomic E-state index is 13.3. The number of Topliss-reactive ketones (excluding diaryl/α,β-unsaturated/α-hetero) is 1. The van der Waals surface area contributed by atoms with E-state index in [4.69, 9.17) is 4.43 Å². The van der Waals surface area contributed by atoms with Crippen LogP contribution in [0.25, 0.3) is 0 Å². The van der Waals surface area contributed by atoms with E-state index in [1.54, 1.807) is 0 Å². The summed E-state index contributed by atoms with van der Waals surface area (Å²) in [6, 6.07) is 2.73. The van der Waals surface area contributed by atoms with Crippen molar-refractivity contribution in [2.75, 3.05) is 0 Å². The van der Waals surface area contributed by atoms with E-state index in [9.17, 15) is 9.18 Å². The monoisotopic (exact) mass is 304 g/mol. The van der Waals surface area contributed by atoms with Gasteiger partial charge in [0.2, 0.25) is 8.32 Å². The average Bonchev–Trinajstić information content (AvgIpc) is 2.07. The zero-order chi connectivity index (χ0) is 12.5. The van der Waals surface area contributed by atoms with Gasteiger partial charge in [0.05, 0.1) is 10.0 Å². The molecule has 2 nitrogen and oxygen atoms in total. The molecule has 0 atom stereocenters. The van der Waals surface area contributed by atoms with E-state index in [2.05, 4.69) is 15.9 Å². The van der Waals surface area contributed by atoms with Gasteiger partial charge in [-0.25, -0.2) is 4.39 Å². The molecule has 88 valence electrons. The minimum atomic E-state index is -1.81. The summed E-state index contributed by atoms with van der Waals surface area (Å²) in [5.74, 6) is -0.187. The molecule has 0 aliphatic heterocycles. The summed E-state index contributed by atoms with van der Waals surface area (Å²) in [7, 11) is -1.81. The minimum absolute atomic E-state index is 0.195. The van der Waals surface area contributed by atoms with Crippen LogP contribution < -0.4 is 4.43 Å². The fourth-order valence-electron chi connectivity index (χ4n) is 1.22. The summed E-state index contributed by atoms with van der Waals surface area (Å²) >= 11 is 3.09. The van der Waals surface area contributed by atoms with E-state index < -0.39 is 14.1 Å². The summed E-state index contributed by atoms with van der Waals surface area (Å²) < 4.78 is 19.4. The quantitative estimate of drug-likeness (QED) is 0.623. The Morgan fingerprint density at radius 2 is 1.94 bits per heavy atom. The molecule has 0 fully saturated rings. The first-order valence-corrected chi connectivity index (χ1v) is 9.10. The standard InChI is InChI=1S/C11H14BrFO2Si/c1-7(14)8-5-10(13)9(12)6-11(8)15-16(2,3)4/h5-6H,1-4H3. The number of hydrogen-bond acceptors (Lipinski definition) is 2. The number of hydrogen-bond donors (Lipinski definition) is 0. The number of rotatable bonds is 3. The van der Waals surface area contributed by atoms with Gasteiger partial charge in [-0.2, -0.15) is 0 Å². The van der Waals surface area contributed by atoms with Crippen LogP contribution in [0.1, 0.15) is 17.3 Å². The molecule has 0 saturated carbocycles. The van der Waals surface area contributed by atoms with E-state index in [0.29, 0.717) is 15.8 Å². The molecule has 0 spiro atoms. The van der Waals surface area contributed by atoms with Crippen molar-refractivity contribution in [3.8, 4) is 5.75 Å². The highest BCUT2D eigenvalue weighted by Crippen LogP contribution is 2.29. The first-order valence-electron chi connectivity index (χ1n) is 4.90. The lowest BCUT2D eigenvalue weighted by Crippen LogP contribution is -2.30. The molecule has 0 saturated heterocycles. The highest BCUT2D eigenvalue weighted by Gasteiger charge is 2.21. The molecule has 0 aliphatic carbocycles. The SMILES string of the molecule is CC(=O)c1cc(F)c(Br)cc1O[Si](C)(C)C. The van der Waals surface area contributed by atoms with Crippen molar-refractivity contribution in [2.45, 2.75) is 26.6 Å². The summed E-state index contributed by atoms with van der Waals surface area (Å²) in [4.78, 5) is 11.4. The van der Waals surface area contributed by atoms with Crippen molar-refractivity contribution >= 4 is 30.0 Å². The number of halogens is 2. The molecule has 0 unspecified atom stereocenters. The Hall–Kier alpha value is -0.683. The first kappa shape index (κ1) is 13.4. The summed E-state index contributed by atoms with van der Waals surface area (Å²) in [5, 5.41) is 0. The molecule has 0 N–H and O–H groups in total. The van der Waals surface area contributed by atoms with Gasteiger partial charge in [0.25, 0.3) is 0 Å². The Bertz CT molecular complexity index is 427. The fraction of sp³-hybridized carbons (Fsp3) is 0.364. The third kappa shape index (κ3) is 3.42. The third-order valence-electron chi connectivity index (χ3n) is 1.82. The van der Waals surface area contributed by atoms with E-state index in [0.717, 1.165) is 0 Å². The lowest BCUT2D eigenvalue weighted by Gasteiger charge is -2.21. The van der Waals surface area contributed by atoms with Crippen LogP contribution >= 0.6 is 15.9 Å². The second-order valence-electron chi connectivity index (χ2n) is 4.53. The van der Waals surface area contributed by atoms with Crippen LogP contribution in [0.15, 0.2) is 16.6 Å².